The average molecular weight is 531 g/mol. The zero-order chi connectivity index (χ0) is 25.5. The first-order valence-corrected chi connectivity index (χ1v) is 14.0. The smallest absolute Gasteiger partial charge is 0.260 e. The molecule has 0 aliphatic carbocycles. The van der Waals surface area contributed by atoms with Crippen molar-refractivity contribution in [2.75, 3.05) is 11.4 Å². The fourth-order valence-corrected chi connectivity index (χ4v) is 6.06. The highest BCUT2D eigenvalue weighted by atomic mass is 35.5. The third-order valence-electron chi connectivity index (χ3n) is 5.90. The van der Waals surface area contributed by atoms with Crippen LogP contribution in [0.15, 0.2) is 47.4 Å². The molecule has 0 saturated heterocycles. The molecule has 4 aromatic rings. The molecular formula is C25H27ClN4O3S2. The quantitative estimate of drug-likeness (QED) is 0.310. The molecule has 0 bridgehead atoms. The van der Waals surface area contributed by atoms with Crippen molar-refractivity contribution >= 4 is 54.0 Å². The summed E-state index contributed by atoms with van der Waals surface area (Å²) in [6.45, 7) is 9.92. The number of sulfone groups is 1. The molecule has 184 valence electrons. The van der Waals surface area contributed by atoms with Gasteiger partial charge in [0.2, 0.25) is 0 Å². The monoisotopic (exact) mass is 530 g/mol. The lowest BCUT2D eigenvalue weighted by Gasteiger charge is -2.20. The van der Waals surface area contributed by atoms with Gasteiger partial charge < -0.3 is 0 Å². The molecule has 0 atom stereocenters. The lowest BCUT2D eigenvalue weighted by molar-refractivity contribution is 0.0985. The largest absolute Gasteiger partial charge is 0.282 e. The van der Waals surface area contributed by atoms with Gasteiger partial charge >= 0.3 is 0 Å². The minimum Gasteiger partial charge on any atom is -0.282 e. The summed E-state index contributed by atoms with van der Waals surface area (Å²) in [7, 11) is -3.43. The maximum atomic E-state index is 13.7. The first kappa shape index (κ1) is 25.3. The van der Waals surface area contributed by atoms with E-state index in [1.807, 2.05) is 43.7 Å². The number of nitrogens with zero attached hydrogens (tertiary/aromatic N) is 4. The van der Waals surface area contributed by atoms with Crippen LogP contribution in [0.1, 0.15) is 41.2 Å². The Kier molecular flexibility index (Phi) is 7.04. The summed E-state index contributed by atoms with van der Waals surface area (Å²) in [6.07, 6.45) is 0. The number of thiazole rings is 1. The van der Waals surface area contributed by atoms with Gasteiger partial charge in [-0.15, -0.1) is 0 Å². The van der Waals surface area contributed by atoms with Crippen LogP contribution in [0.4, 0.5) is 5.13 Å². The van der Waals surface area contributed by atoms with Crippen molar-refractivity contribution in [3.63, 3.8) is 0 Å². The van der Waals surface area contributed by atoms with E-state index in [0.717, 1.165) is 27.2 Å². The van der Waals surface area contributed by atoms with E-state index in [4.69, 9.17) is 16.6 Å². The number of aryl methyl sites for hydroxylation is 3. The third kappa shape index (κ3) is 4.98. The zero-order valence-electron chi connectivity index (χ0n) is 20.2. The average Bonchev–Trinajstić information content (AvgIpc) is 3.39. The molecule has 2 heterocycles. The number of fused-ring (bicyclic) bond motifs is 1. The molecule has 0 unspecified atom stereocenters. The number of benzene rings is 2. The van der Waals surface area contributed by atoms with Gasteiger partial charge in [0.1, 0.15) is 0 Å². The number of amides is 1. The molecule has 2 aromatic heterocycles. The SMILES string of the molecule is Cc1cc(C)n(CCN(C(=O)c2ccc(S(=O)(=O)C(C)C)cc2)c2nc3c(C)c(Cl)ccc3s2)n1. The lowest BCUT2D eigenvalue weighted by atomic mass is 10.2. The highest BCUT2D eigenvalue weighted by Gasteiger charge is 2.24. The first-order chi connectivity index (χ1) is 16.5. The van der Waals surface area contributed by atoms with E-state index in [-0.39, 0.29) is 10.8 Å². The van der Waals surface area contributed by atoms with Gasteiger partial charge in [0.25, 0.3) is 5.91 Å². The van der Waals surface area contributed by atoms with Crippen LogP contribution in [0.25, 0.3) is 10.2 Å². The number of rotatable bonds is 7. The van der Waals surface area contributed by atoms with Crippen LogP contribution < -0.4 is 4.90 Å². The standard InChI is InChI=1S/C25H27ClN4O3S2/c1-15(2)35(32,33)20-8-6-19(7-9-20)24(31)29(12-13-30-17(4)14-16(3)28-30)25-27-23-18(5)21(26)10-11-22(23)34-25/h6-11,14-15H,12-13H2,1-5H3. The Bertz CT molecular complexity index is 1510. The summed E-state index contributed by atoms with van der Waals surface area (Å²) in [5, 5.41) is 5.14. The second-order valence-electron chi connectivity index (χ2n) is 8.74. The van der Waals surface area contributed by atoms with Gasteiger partial charge in [-0.1, -0.05) is 22.9 Å². The summed E-state index contributed by atoms with van der Waals surface area (Å²) in [6, 6.07) is 11.8. The summed E-state index contributed by atoms with van der Waals surface area (Å²) in [5.74, 6) is -0.261. The minimum absolute atomic E-state index is 0.198. The Balaban J connectivity index is 1.71. The molecule has 4 rings (SSSR count). The van der Waals surface area contributed by atoms with Crippen molar-refractivity contribution in [1.82, 2.24) is 14.8 Å². The lowest BCUT2D eigenvalue weighted by Crippen LogP contribution is -2.34. The van der Waals surface area contributed by atoms with Crippen molar-refractivity contribution in [1.29, 1.82) is 0 Å². The summed E-state index contributed by atoms with van der Waals surface area (Å²) in [5.41, 5.74) is 3.92. The van der Waals surface area contributed by atoms with Crippen LogP contribution in [0.2, 0.25) is 5.02 Å². The minimum atomic E-state index is -3.43. The van der Waals surface area contributed by atoms with Gasteiger partial charge in [0.15, 0.2) is 15.0 Å². The summed E-state index contributed by atoms with van der Waals surface area (Å²) >= 11 is 7.71. The molecule has 0 radical (unpaired) electrons. The molecule has 0 aliphatic rings. The van der Waals surface area contributed by atoms with Crippen molar-refractivity contribution in [2.24, 2.45) is 0 Å². The number of halogens is 1. The Morgan fingerprint density at radius 2 is 1.80 bits per heavy atom. The molecule has 1 amide bonds. The number of carbonyl (C=O) groups is 1. The van der Waals surface area contributed by atoms with Gasteiger partial charge in [-0.25, -0.2) is 13.4 Å². The van der Waals surface area contributed by atoms with Crippen molar-refractivity contribution in [3.8, 4) is 0 Å². The highest BCUT2D eigenvalue weighted by molar-refractivity contribution is 7.92. The van der Waals surface area contributed by atoms with Crippen LogP contribution in [0.5, 0.6) is 0 Å². The molecule has 0 spiro atoms. The van der Waals surface area contributed by atoms with E-state index < -0.39 is 15.1 Å². The van der Waals surface area contributed by atoms with Crippen molar-refractivity contribution < 1.29 is 13.2 Å². The van der Waals surface area contributed by atoms with Crippen molar-refractivity contribution in [2.45, 2.75) is 51.3 Å². The summed E-state index contributed by atoms with van der Waals surface area (Å²) < 4.78 is 27.8. The third-order valence-corrected chi connectivity index (χ3v) is 9.53. The Morgan fingerprint density at radius 1 is 1.11 bits per heavy atom. The number of anilines is 1. The van der Waals surface area contributed by atoms with Crippen LogP contribution in [-0.4, -0.2) is 40.9 Å². The predicted molar refractivity (Wildman–Crippen MR) is 142 cm³/mol. The normalized spacial score (nSPS) is 12.0. The van der Waals surface area contributed by atoms with Crippen LogP contribution in [-0.2, 0) is 16.4 Å². The van der Waals surface area contributed by atoms with E-state index in [1.165, 1.54) is 23.5 Å². The molecule has 0 aliphatic heterocycles. The first-order valence-electron chi connectivity index (χ1n) is 11.2. The predicted octanol–water partition coefficient (Wildman–Crippen LogP) is 5.60. The topological polar surface area (TPSA) is 85.2 Å². The van der Waals surface area contributed by atoms with E-state index >= 15 is 0 Å². The Hall–Kier alpha value is -2.75. The van der Waals surface area contributed by atoms with Gasteiger partial charge in [0.05, 0.1) is 32.6 Å². The van der Waals surface area contributed by atoms with E-state index in [1.54, 1.807) is 30.9 Å². The molecular weight excluding hydrogens is 504 g/mol. The Morgan fingerprint density at radius 3 is 2.40 bits per heavy atom. The highest BCUT2D eigenvalue weighted by Crippen LogP contribution is 2.34. The number of aromatic nitrogens is 3. The van der Waals surface area contributed by atoms with E-state index in [9.17, 15) is 13.2 Å². The number of carbonyl (C=O) groups excluding carboxylic acids is 1. The van der Waals surface area contributed by atoms with Crippen LogP contribution >= 0.6 is 22.9 Å². The Labute approximate surface area is 214 Å². The van der Waals surface area contributed by atoms with Gasteiger partial charge in [0, 0.05) is 22.8 Å². The molecule has 2 aromatic carbocycles. The molecule has 0 N–H and O–H groups in total. The molecule has 10 heteroatoms. The summed E-state index contributed by atoms with van der Waals surface area (Å²) in [4.78, 5) is 20.2. The van der Waals surface area contributed by atoms with Crippen LogP contribution in [0, 0.1) is 20.8 Å². The fraction of sp³-hybridized carbons (Fsp3) is 0.320. The van der Waals surface area contributed by atoms with Crippen LogP contribution in [0.3, 0.4) is 0 Å². The van der Waals surface area contributed by atoms with Crippen molar-refractivity contribution in [3.05, 3.63) is 70.0 Å². The number of hydrogen-bond acceptors (Lipinski definition) is 6. The second-order valence-corrected chi connectivity index (χ2v) is 12.7. The zero-order valence-corrected chi connectivity index (χ0v) is 22.6. The maximum Gasteiger partial charge on any atom is 0.260 e. The van der Waals surface area contributed by atoms with Gasteiger partial charge in [-0.05, 0) is 82.6 Å². The van der Waals surface area contributed by atoms with E-state index in [0.29, 0.717) is 28.8 Å². The molecule has 0 fully saturated rings. The van der Waals surface area contributed by atoms with E-state index in [2.05, 4.69) is 5.10 Å². The molecule has 35 heavy (non-hydrogen) atoms. The molecule has 7 nitrogen and oxygen atoms in total. The van der Waals surface area contributed by atoms with Gasteiger partial charge in [-0.3, -0.25) is 14.4 Å². The molecule has 0 saturated carbocycles. The maximum absolute atomic E-state index is 13.7. The number of hydrogen-bond donors (Lipinski definition) is 0. The van der Waals surface area contributed by atoms with Gasteiger partial charge in [-0.2, -0.15) is 5.10 Å². The second kappa shape index (κ2) is 9.72. The fourth-order valence-electron chi connectivity index (χ4n) is 3.80.